The Kier molecular flexibility index (Phi) is 4.44. The molecule has 1 aromatic carbocycles. The van der Waals surface area contributed by atoms with Gasteiger partial charge < -0.3 is 24.9 Å². The van der Waals surface area contributed by atoms with Crippen molar-refractivity contribution in [3.63, 3.8) is 0 Å². The van der Waals surface area contributed by atoms with E-state index < -0.39 is 17.5 Å². The van der Waals surface area contributed by atoms with Crippen LogP contribution < -0.4 is 16.0 Å². The maximum atomic E-state index is 13.2. The second-order valence-corrected chi connectivity index (χ2v) is 8.01. The molecular weight excluding hydrogens is 414 g/mol. The van der Waals surface area contributed by atoms with Gasteiger partial charge in [0.2, 0.25) is 0 Å². The zero-order valence-corrected chi connectivity index (χ0v) is 17.6. The van der Waals surface area contributed by atoms with Crippen LogP contribution in [-0.4, -0.2) is 26.6 Å². The van der Waals surface area contributed by atoms with Gasteiger partial charge >= 0.3 is 11.9 Å². The van der Waals surface area contributed by atoms with Crippen molar-refractivity contribution >= 4 is 22.8 Å². The van der Waals surface area contributed by atoms with Crippen LogP contribution in [0.15, 0.2) is 29.1 Å². The summed E-state index contributed by atoms with van der Waals surface area (Å²) in [6.07, 6.45) is 0.0819. The number of carbonyl (C=O) groups is 2. The molecule has 9 nitrogen and oxygen atoms in total. The van der Waals surface area contributed by atoms with Crippen molar-refractivity contribution in [2.45, 2.75) is 45.6 Å². The van der Waals surface area contributed by atoms with Crippen LogP contribution >= 0.6 is 0 Å². The van der Waals surface area contributed by atoms with Gasteiger partial charge in [0.25, 0.3) is 5.56 Å². The Morgan fingerprint density at radius 1 is 1.34 bits per heavy atom. The Hall–Kier alpha value is -3.56. The highest BCUT2D eigenvalue weighted by atomic mass is 16.6. The van der Waals surface area contributed by atoms with Crippen LogP contribution in [-0.2, 0) is 39.6 Å². The number of cyclic esters (lactones) is 1. The molecule has 0 fully saturated rings. The molecule has 3 aromatic rings. The fourth-order valence-electron chi connectivity index (χ4n) is 4.55. The third kappa shape index (κ3) is 2.71. The Morgan fingerprint density at radius 2 is 2.12 bits per heavy atom. The third-order valence-electron chi connectivity index (χ3n) is 6.22. The largest absolute Gasteiger partial charge is 0.458 e. The number of carbonyl (C=O) groups excluding carboxylic acids is 2. The minimum atomic E-state index is -1.87. The number of nitrogens with zero attached hydrogens (tertiary/aromatic N) is 2. The molecule has 0 aliphatic carbocycles. The van der Waals surface area contributed by atoms with Crippen molar-refractivity contribution in [3.05, 3.63) is 56.9 Å². The smallest absolute Gasteiger partial charge is 0.343 e. The maximum absolute atomic E-state index is 13.2. The summed E-state index contributed by atoms with van der Waals surface area (Å²) in [5, 5.41) is 11.7. The molecule has 1 atom stereocenters. The van der Waals surface area contributed by atoms with E-state index in [1.807, 2.05) is 6.07 Å². The number of esters is 2. The van der Waals surface area contributed by atoms with Crippen LogP contribution in [0.3, 0.4) is 0 Å². The lowest BCUT2D eigenvalue weighted by molar-refractivity contribution is -0.172. The number of aliphatic hydroxyl groups is 1. The molecule has 3 N–H and O–H groups in total. The number of fused-ring (bicyclic) bond motifs is 5. The molecule has 0 bridgehead atoms. The average Bonchev–Trinajstić information content (AvgIpc) is 3.13. The van der Waals surface area contributed by atoms with Crippen LogP contribution in [0.1, 0.15) is 42.5 Å². The molecule has 0 saturated heterocycles. The lowest BCUT2D eigenvalue weighted by atomic mass is 9.86. The number of aromatic nitrogens is 2. The third-order valence-corrected chi connectivity index (χ3v) is 6.22. The van der Waals surface area contributed by atoms with Crippen molar-refractivity contribution in [1.29, 1.82) is 0 Å². The molecule has 0 unspecified atom stereocenters. The summed E-state index contributed by atoms with van der Waals surface area (Å²) >= 11 is 0. The van der Waals surface area contributed by atoms with E-state index in [1.165, 1.54) is 6.92 Å². The van der Waals surface area contributed by atoms with Crippen molar-refractivity contribution in [2.75, 3.05) is 0 Å². The lowest BCUT2D eigenvalue weighted by Gasteiger charge is -2.31. The Bertz CT molecular complexity index is 1390. The second kappa shape index (κ2) is 6.98. The van der Waals surface area contributed by atoms with Crippen molar-refractivity contribution in [3.8, 4) is 17.1 Å². The van der Waals surface area contributed by atoms with E-state index in [4.69, 9.17) is 20.2 Å². The van der Waals surface area contributed by atoms with Crippen LogP contribution in [0.5, 0.6) is 5.75 Å². The molecule has 2 aliphatic rings. The zero-order chi connectivity index (χ0) is 22.8. The van der Waals surface area contributed by atoms with Gasteiger partial charge in [0.15, 0.2) is 5.60 Å². The molecule has 0 saturated carbocycles. The van der Waals surface area contributed by atoms with Gasteiger partial charge in [-0.1, -0.05) is 6.92 Å². The molecule has 2 aliphatic heterocycles. The first-order chi connectivity index (χ1) is 15.3. The summed E-state index contributed by atoms with van der Waals surface area (Å²) in [6.45, 7) is 3.23. The molecule has 4 heterocycles. The molecule has 32 heavy (non-hydrogen) atoms. The Balaban J connectivity index is 1.73. The van der Waals surface area contributed by atoms with Crippen molar-refractivity contribution in [1.82, 2.24) is 9.55 Å². The summed E-state index contributed by atoms with van der Waals surface area (Å²) in [5.74, 6) is -0.828. The molecule has 164 valence electrons. The van der Waals surface area contributed by atoms with Gasteiger partial charge in [0.05, 0.1) is 29.0 Å². The number of hydrogen-bond acceptors (Lipinski definition) is 8. The van der Waals surface area contributed by atoms with Crippen LogP contribution in [0.2, 0.25) is 0 Å². The van der Waals surface area contributed by atoms with E-state index in [0.717, 1.165) is 10.9 Å². The fraction of sp³-hybridized carbons (Fsp3) is 0.304. The number of rotatable bonds is 3. The normalized spacial score (nSPS) is 18.7. The Morgan fingerprint density at radius 3 is 2.81 bits per heavy atom. The summed E-state index contributed by atoms with van der Waals surface area (Å²) in [6, 6.07) is 6.94. The molecule has 9 heteroatoms. The van der Waals surface area contributed by atoms with Crippen LogP contribution in [0, 0.1) is 0 Å². The zero-order valence-electron chi connectivity index (χ0n) is 17.6. The topological polar surface area (TPSA) is 134 Å². The molecule has 0 amide bonds. The SMILES string of the molecule is CC[C@@]1(O)C(=O)OCc2c1cc1n(c2=O)Cc2cc3c(CN)c(OC(C)=O)ccc3nc2-1. The van der Waals surface area contributed by atoms with Crippen molar-refractivity contribution < 1.29 is 24.2 Å². The van der Waals surface area contributed by atoms with Gasteiger partial charge in [-0.25, -0.2) is 9.78 Å². The predicted molar refractivity (Wildman–Crippen MR) is 114 cm³/mol. The Labute approximate surface area is 182 Å². The predicted octanol–water partition coefficient (Wildman–Crippen LogP) is 1.46. The average molecular weight is 435 g/mol. The van der Waals surface area contributed by atoms with Crippen LogP contribution in [0.4, 0.5) is 0 Å². The number of pyridine rings is 2. The van der Waals surface area contributed by atoms with Gasteiger partial charge in [-0.3, -0.25) is 9.59 Å². The van der Waals surface area contributed by atoms with E-state index >= 15 is 0 Å². The summed E-state index contributed by atoms with van der Waals surface area (Å²) in [5.41, 5.74) is 7.49. The fourth-order valence-corrected chi connectivity index (χ4v) is 4.55. The van der Waals surface area contributed by atoms with Gasteiger partial charge in [-0.2, -0.15) is 0 Å². The van der Waals surface area contributed by atoms with E-state index in [-0.39, 0.29) is 42.8 Å². The quantitative estimate of drug-likeness (QED) is 0.365. The maximum Gasteiger partial charge on any atom is 0.343 e. The first-order valence-electron chi connectivity index (χ1n) is 10.3. The summed E-state index contributed by atoms with van der Waals surface area (Å²) < 4.78 is 11.9. The van der Waals surface area contributed by atoms with Crippen molar-refractivity contribution in [2.24, 2.45) is 5.73 Å². The van der Waals surface area contributed by atoms with E-state index in [0.29, 0.717) is 28.2 Å². The highest BCUT2D eigenvalue weighted by molar-refractivity contribution is 5.90. The van der Waals surface area contributed by atoms with Gasteiger partial charge in [-0.05, 0) is 30.7 Å². The molecule has 0 radical (unpaired) electrons. The summed E-state index contributed by atoms with van der Waals surface area (Å²) in [4.78, 5) is 41.7. The number of hydrogen-bond donors (Lipinski definition) is 2. The number of benzene rings is 1. The standard InChI is InChI=1S/C23H21N3O6/c1-3-23(30)16-7-18-20-12(9-26(18)21(28)15(16)10-31-22(23)29)6-13-14(8-24)19(32-11(2)27)5-4-17(13)25-20/h4-7,30H,3,8-10,24H2,1-2H3/t23-/m0/s1. The molecular formula is C23H21N3O6. The minimum Gasteiger partial charge on any atom is -0.458 e. The molecule has 5 rings (SSSR count). The first kappa shape index (κ1) is 20.3. The van der Waals surface area contributed by atoms with Gasteiger partial charge in [0.1, 0.15) is 12.4 Å². The molecule has 2 aromatic heterocycles. The van der Waals surface area contributed by atoms with Gasteiger partial charge in [-0.15, -0.1) is 0 Å². The highest BCUT2D eigenvalue weighted by Crippen LogP contribution is 2.39. The molecule has 0 spiro atoms. The van der Waals surface area contributed by atoms with E-state index in [1.54, 1.807) is 29.7 Å². The highest BCUT2D eigenvalue weighted by Gasteiger charge is 2.45. The van der Waals surface area contributed by atoms with Gasteiger partial charge in [0, 0.05) is 35.5 Å². The van der Waals surface area contributed by atoms with E-state index in [2.05, 4.69) is 0 Å². The van der Waals surface area contributed by atoms with E-state index in [9.17, 15) is 19.5 Å². The number of ether oxygens (including phenoxy) is 2. The van der Waals surface area contributed by atoms with Crippen LogP contribution in [0.25, 0.3) is 22.3 Å². The summed E-state index contributed by atoms with van der Waals surface area (Å²) in [7, 11) is 0. The minimum absolute atomic E-state index is 0.0819. The monoisotopic (exact) mass is 435 g/mol. The lowest BCUT2D eigenvalue weighted by Crippen LogP contribution is -2.44. The second-order valence-electron chi connectivity index (χ2n) is 8.01. The number of nitrogens with two attached hydrogens (primary N) is 1. The first-order valence-corrected chi connectivity index (χ1v) is 10.3.